The highest BCUT2D eigenvalue weighted by atomic mass is 35.5. The number of ketones is 1. The quantitative estimate of drug-likeness (QED) is 0.590. The molecule has 1 rings (SSSR count). The molecule has 1 aromatic heterocycles. The lowest BCUT2D eigenvalue weighted by Crippen LogP contribution is -2.10. The molecule has 4 nitrogen and oxygen atoms in total. The third kappa shape index (κ3) is 3.32. The van der Waals surface area contributed by atoms with E-state index in [2.05, 4.69) is 5.10 Å². The van der Waals surface area contributed by atoms with Crippen LogP contribution in [0.5, 0.6) is 0 Å². The lowest BCUT2D eigenvalue weighted by Gasteiger charge is -2.04. The van der Waals surface area contributed by atoms with E-state index in [1.54, 1.807) is 4.68 Å². The Morgan fingerprint density at radius 1 is 1.50 bits per heavy atom. The third-order valence-corrected chi connectivity index (χ3v) is 2.74. The van der Waals surface area contributed by atoms with Crippen molar-refractivity contribution in [3.05, 3.63) is 16.9 Å². The maximum atomic E-state index is 11.9. The Morgan fingerprint density at radius 3 is 2.88 bits per heavy atom. The smallest absolute Gasteiger partial charge is 0.182 e. The van der Waals surface area contributed by atoms with Crippen molar-refractivity contribution >= 4 is 17.4 Å². The monoisotopic (exact) mass is 243 g/mol. The summed E-state index contributed by atoms with van der Waals surface area (Å²) in [7, 11) is 0. The second-order valence-electron chi connectivity index (χ2n) is 3.68. The van der Waals surface area contributed by atoms with E-state index < -0.39 is 0 Å². The molecule has 5 heteroatoms. The van der Waals surface area contributed by atoms with E-state index in [0.29, 0.717) is 30.2 Å². The first-order chi connectivity index (χ1) is 7.70. The summed E-state index contributed by atoms with van der Waals surface area (Å²) in [4.78, 5) is 11.9. The number of carbonyl (C=O) groups excluding carboxylic acids is 1. The summed E-state index contributed by atoms with van der Waals surface area (Å²) in [5.41, 5.74) is 5.93. The number of nitrogens with zero attached hydrogens (tertiary/aromatic N) is 2. The Labute approximate surface area is 101 Å². The molecular formula is C11H18ClN3O. The van der Waals surface area contributed by atoms with Gasteiger partial charge in [0.25, 0.3) is 0 Å². The molecule has 16 heavy (non-hydrogen) atoms. The molecule has 2 N–H and O–H groups in total. The van der Waals surface area contributed by atoms with E-state index in [4.69, 9.17) is 17.3 Å². The zero-order valence-corrected chi connectivity index (χ0v) is 10.3. The minimum atomic E-state index is 0.0707. The number of nitrogens with two attached hydrogens (primary N) is 1. The summed E-state index contributed by atoms with van der Waals surface area (Å²) in [6.07, 6.45) is 4.86. The van der Waals surface area contributed by atoms with Gasteiger partial charge in [-0.3, -0.25) is 9.48 Å². The fourth-order valence-electron chi connectivity index (χ4n) is 1.60. The summed E-state index contributed by atoms with van der Waals surface area (Å²) >= 11 is 5.93. The number of halogens is 1. The number of hydrogen-bond donors (Lipinski definition) is 1. The molecule has 90 valence electrons. The number of unbranched alkanes of at least 4 members (excludes halogenated alkanes) is 2. The molecule has 0 aliphatic heterocycles. The van der Waals surface area contributed by atoms with Crippen LogP contribution in [0.15, 0.2) is 6.20 Å². The van der Waals surface area contributed by atoms with E-state index >= 15 is 0 Å². The van der Waals surface area contributed by atoms with Crippen LogP contribution in [-0.4, -0.2) is 22.1 Å². The van der Waals surface area contributed by atoms with Gasteiger partial charge in [-0.1, -0.05) is 18.0 Å². The van der Waals surface area contributed by atoms with E-state index in [0.717, 1.165) is 19.3 Å². The van der Waals surface area contributed by atoms with Gasteiger partial charge in [0.1, 0.15) is 5.69 Å². The molecule has 0 fully saturated rings. The fraction of sp³-hybridized carbons (Fsp3) is 0.636. The van der Waals surface area contributed by atoms with Crippen molar-refractivity contribution in [3.8, 4) is 0 Å². The number of aryl methyl sites for hydroxylation is 1. The van der Waals surface area contributed by atoms with E-state index in [-0.39, 0.29) is 5.78 Å². The lowest BCUT2D eigenvalue weighted by atomic mass is 10.1. The topological polar surface area (TPSA) is 60.9 Å². The van der Waals surface area contributed by atoms with Crippen LogP contribution in [0.4, 0.5) is 0 Å². The summed E-state index contributed by atoms with van der Waals surface area (Å²) in [5.74, 6) is 0.0707. The van der Waals surface area contributed by atoms with Gasteiger partial charge in [-0.05, 0) is 26.3 Å². The minimum absolute atomic E-state index is 0.0707. The van der Waals surface area contributed by atoms with Gasteiger partial charge < -0.3 is 5.73 Å². The van der Waals surface area contributed by atoms with Crippen LogP contribution in [0.3, 0.4) is 0 Å². The van der Waals surface area contributed by atoms with E-state index in [9.17, 15) is 4.79 Å². The number of rotatable bonds is 7. The first kappa shape index (κ1) is 13.2. The highest BCUT2D eigenvalue weighted by Gasteiger charge is 2.15. The van der Waals surface area contributed by atoms with Crippen LogP contribution in [0.25, 0.3) is 0 Å². The zero-order valence-electron chi connectivity index (χ0n) is 9.58. The first-order valence-electron chi connectivity index (χ1n) is 5.65. The maximum Gasteiger partial charge on any atom is 0.182 e. The van der Waals surface area contributed by atoms with Crippen molar-refractivity contribution in [2.24, 2.45) is 5.73 Å². The predicted octanol–water partition coefficient (Wildman–Crippen LogP) is 2.26. The van der Waals surface area contributed by atoms with Gasteiger partial charge in [-0.15, -0.1) is 0 Å². The van der Waals surface area contributed by atoms with Crippen LogP contribution in [0.1, 0.15) is 43.1 Å². The molecule has 0 saturated heterocycles. The van der Waals surface area contributed by atoms with Gasteiger partial charge in [0.2, 0.25) is 0 Å². The number of aromatic nitrogens is 2. The van der Waals surface area contributed by atoms with Gasteiger partial charge in [0, 0.05) is 13.0 Å². The Kier molecular flexibility index (Phi) is 5.49. The molecule has 1 aromatic rings. The average Bonchev–Trinajstić information content (AvgIpc) is 2.65. The van der Waals surface area contributed by atoms with Crippen molar-refractivity contribution in [2.45, 2.75) is 39.2 Å². The van der Waals surface area contributed by atoms with E-state index in [1.165, 1.54) is 6.20 Å². The Balaban J connectivity index is 2.55. The zero-order chi connectivity index (χ0) is 12.0. The summed E-state index contributed by atoms with van der Waals surface area (Å²) < 4.78 is 1.65. The van der Waals surface area contributed by atoms with Gasteiger partial charge in [0.05, 0.1) is 11.2 Å². The van der Waals surface area contributed by atoms with Crippen molar-refractivity contribution in [1.29, 1.82) is 0 Å². The van der Waals surface area contributed by atoms with Crippen LogP contribution < -0.4 is 5.73 Å². The van der Waals surface area contributed by atoms with E-state index in [1.807, 2.05) is 6.92 Å². The number of carbonyl (C=O) groups is 1. The molecule has 0 aromatic carbocycles. The SMILES string of the molecule is CCn1ncc(Cl)c1C(=O)CCCCCN. The Bertz CT molecular complexity index is 349. The van der Waals surface area contributed by atoms with Crippen molar-refractivity contribution in [3.63, 3.8) is 0 Å². The molecule has 1 heterocycles. The summed E-state index contributed by atoms with van der Waals surface area (Å²) in [5, 5.41) is 4.49. The van der Waals surface area contributed by atoms with Crippen LogP contribution in [-0.2, 0) is 6.54 Å². The Hall–Kier alpha value is -0.870. The molecule has 0 aliphatic rings. The van der Waals surface area contributed by atoms with Gasteiger partial charge in [-0.2, -0.15) is 5.10 Å². The average molecular weight is 244 g/mol. The predicted molar refractivity (Wildman–Crippen MR) is 64.8 cm³/mol. The fourth-order valence-corrected chi connectivity index (χ4v) is 1.85. The molecule has 0 amide bonds. The highest BCUT2D eigenvalue weighted by Crippen LogP contribution is 2.18. The van der Waals surface area contributed by atoms with Crippen molar-refractivity contribution in [1.82, 2.24) is 9.78 Å². The normalized spacial score (nSPS) is 10.7. The molecule has 0 aliphatic carbocycles. The summed E-state index contributed by atoms with van der Waals surface area (Å²) in [6.45, 7) is 3.28. The molecule has 0 spiro atoms. The molecule has 0 bridgehead atoms. The second-order valence-corrected chi connectivity index (χ2v) is 4.09. The molecule has 0 unspecified atom stereocenters. The first-order valence-corrected chi connectivity index (χ1v) is 6.03. The minimum Gasteiger partial charge on any atom is -0.330 e. The van der Waals surface area contributed by atoms with Crippen LogP contribution in [0, 0.1) is 0 Å². The van der Waals surface area contributed by atoms with Crippen molar-refractivity contribution < 1.29 is 4.79 Å². The molecule has 0 atom stereocenters. The molecule has 0 radical (unpaired) electrons. The van der Waals surface area contributed by atoms with Crippen molar-refractivity contribution in [2.75, 3.05) is 6.54 Å². The van der Waals surface area contributed by atoms with Gasteiger partial charge >= 0.3 is 0 Å². The Morgan fingerprint density at radius 2 is 2.25 bits per heavy atom. The highest BCUT2D eigenvalue weighted by molar-refractivity contribution is 6.33. The van der Waals surface area contributed by atoms with Crippen LogP contribution >= 0.6 is 11.6 Å². The summed E-state index contributed by atoms with van der Waals surface area (Å²) in [6, 6.07) is 0. The second kappa shape index (κ2) is 6.66. The third-order valence-electron chi connectivity index (χ3n) is 2.47. The number of Topliss-reactive ketones (excluding diaryl/α,β-unsaturated/α-hetero) is 1. The van der Waals surface area contributed by atoms with Gasteiger partial charge in [0.15, 0.2) is 5.78 Å². The molecule has 0 saturated carbocycles. The maximum absolute atomic E-state index is 11.9. The standard InChI is InChI=1S/C11H18ClN3O/c1-2-15-11(9(12)8-14-15)10(16)6-4-3-5-7-13/h8H,2-7,13H2,1H3. The lowest BCUT2D eigenvalue weighted by molar-refractivity contribution is 0.0969. The number of hydrogen-bond acceptors (Lipinski definition) is 3. The largest absolute Gasteiger partial charge is 0.330 e. The van der Waals surface area contributed by atoms with Gasteiger partial charge in [-0.25, -0.2) is 0 Å². The van der Waals surface area contributed by atoms with Crippen LogP contribution in [0.2, 0.25) is 5.02 Å². The molecular weight excluding hydrogens is 226 g/mol.